The van der Waals surface area contributed by atoms with E-state index in [-0.39, 0.29) is 17.9 Å². The first kappa shape index (κ1) is 22.8. The van der Waals surface area contributed by atoms with Crippen LogP contribution in [0, 0.1) is 52.3 Å². The maximum atomic E-state index is 11.5. The van der Waals surface area contributed by atoms with E-state index < -0.39 is 0 Å². The predicted molar refractivity (Wildman–Crippen MR) is 127 cm³/mol. The van der Waals surface area contributed by atoms with Crippen molar-refractivity contribution in [3.8, 4) is 0 Å². The average molecular weight is 459 g/mol. The van der Waals surface area contributed by atoms with Gasteiger partial charge < -0.3 is 14.2 Å². The molecule has 6 fully saturated rings. The molecule has 6 rings (SSSR count). The fourth-order valence-corrected chi connectivity index (χ4v) is 10.6. The number of carbonyl (C=O) groups excluding carboxylic acids is 1. The molecule has 12 atom stereocenters. The third-order valence-electron chi connectivity index (χ3n) is 12.2. The smallest absolute Gasteiger partial charge is 0.302 e. The van der Waals surface area contributed by atoms with E-state index in [1.807, 2.05) is 0 Å². The molecule has 4 saturated carbocycles. The van der Waals surface area contributed by atoms with Gasteiger partial charge >= 0.3 is 5.97 Å². The minimum Gasteiger partial charge on any atom is -0.463 e. The van der Waals surface area contributed by atoms with Crippen LogP contribution < -0.4 is 0 Å². The quantitative estimate of drug-likeness (QED) is 0.429. The summed E-state index contributed by atoms with van der Waals surface area (Å²) in [6, 6.07) is 0. The zero-order valence-corrected chi connectivity index (χ0v) is 21.6. The summed E-state index contributed by atoms with van der Waals surface area (Å²) in [4.78, 5) is 11.5. The molecule has 4 aliphatic carbocycles. The van der Waals surface area contributed by atoms with E-state index in [0.29, 0.717) is 34.7 Å². The molecule has 4 heteroatoms. The molecule has 2 heterocycles. The first-order valence-corrected chi connectivity index (χ1v) is 14.2. The maximum absolute atomic E-state index is 11.5. The highest BCUT2D eigenvalue weighted by Gasteiger charge is 2.69. The number of fused-ring (bicyclic) bond motifs is 7. The summed E-state index contributed by atoms with van der Waals surface area (Å²) in [6.07, 6.45) is 12.9. The number of esters is 1. The summed E-state index contributed by atoms with van der Waals surface area (Å²) in [5, 5.41) is 0. The molecule has 0 radical (unpaired) electrons. The monoisotopic (exact) mass is 458 g/mol. The lowest BCUT2D eigenvalue weighted by atomic mass is 9.44. The molecule has 0 bridgehead atoms. The van der Waals surface area contributed by atoms with Gasteiger partial charge in [-0.15, -0.1) is 0 Å². The number of ether oxygens (including phenoxy) is 3. The minimum atomic E-state index is -0.300. The molecule has 0 amide bonds. The van der Waals surface area contributed by atoms with Gasteiger partial charge in [0, 0.05) is 19.3 Å². The summed E-state index contributed by atoms with van der Waals surface area (Å²) in [5.74, 6) is 4.63. The summed E-state index contributed by atoms with van der Waals surface area (Å²) in [5.41, 5.74) is 0.828. The molecule has 2 saturated heterocycles. The predicted octanol–water partition coefficient (Wildman–Crippen LogP) is 6.36. The van der Waals surface area contributed by atoms with Crippen LogP contribution in [0.3, 0.4) is 0 Å². The molecule has 2 aliphatic heterocycles. The van der Waals surface area contributed by atoms with Gasteiger partial charge in [-0.05, 0) is 104 Å². The Morgan fingerprint density at radius 3 is 2.42 bits per heavy atom. The molecule has 33 heavy (non-hydrogen) atoms. The van der Waals surface area contributed by atoms with Gasteiger partial charge in [0.1, 0.15) is 6.10 Å². The Morgan fingerprint density at radius 1 is 0.909 bits per heavy atom. The Balaban J connectivity index is 1.21. The normalized spacial score (nSPS) is 57.7. The van der Waals surface area contributed by atoms with E-state index in [0.717, 1.165) is 49.5 Å². The lowest BCUT2D eigenvalue weighted by Crippen LogP contribution is -2.55. The van der Waals surface area contributed by atoms with Gasteiger partial charge in [0.2, 0.25) is 0 Å². The van der Waals surface area contributed by atoms with Gasteiger partial charge in [-0.1, -0.05) is 27.7 Å². The summed E-state index contributed by atoms with van der Waals surface area (Å²) in [6.45, 7) is 12.4. The van der Waals surface area contributed by atoms with E-state index in [9.17, 15) is 4.79 Å². The SMILES string of the molecule is CC(=O)O[C@H]1CC[C@]2(C)C3CC[C@@]4(C)C(CC5O[C@@]6(CCC(C)CO6)[C@@H](C)C54)C3CC[C@@H]2C1. The highest BCUT2D eigenvalue weighted by molar-refractivity contribution is 5.66. The highest BCUT2D eigenvalue weighted by atomic mass is 16.7. The largest absolute Gasteiger partial charge is 0.463 e. The molecule has 6 aliphatic rings. The first-order chi connectivity index (χ1) is 15.7. The second-order valence-corrected chi connectivity index (χ2v) is 13.7. The van der Waals surface area contributed by atoms with Crippen molar-refractivity contribution in [2.75, 3.05) is 6.61 Å². The van der Waals surface area contributed by atoms with Gasteiger partial charge in [-0.2, -0.15) is 0 Å². The molecule has 4 nitrogen and oxygen atoms in total. The van der Waals surface area contributed by atoms with E-state index in [4.69, 9.17) is 14.2 Å². The topological polar surface area (TPSA) is 44.8 Å². The number of rotatable bonds is 1. The summed E-state index contributed by atoms with van der Waals surface area (Å²) >= 11 is 0. The van der Waals surface area contributed by atoms with Crippen LogP contribution in [0.5, 0.6) is 0 Å². The highest BCUT2D eigenvalue weighted by Crippen LogP contribution is 2.71. The van der Waals surface area contributed by atoms with Crippen molar-refractivity contribution >= 4 is 5.97 Å². The van der Waals surface area contributed by atoms with E-state index >= 15 is 0 Å². The lowest BCUT2D eigenvalue weighted by molar-refractivity contribution is -0.273. The average Bonchev–Trinajstić information content (AvgIpc) is 3.21. The van der Waals surface area contributed by atoms with Crippen molar-refractivity contribution in [1.82, 2.24) is 0 Å². The Morgan fingerprint density at radius 2 is 1.70 bits per heavy atom. The van der Waals surface area contributed by atoms with Crippen LogP contribution in [0.2, 0.25) is 0 Å². The van der Waals surface area contributed by atoms with E-state index in [1.165, 1.54) is 44.9 Å². The first-order valence-electron chi connectivity index (χ1n) is 14.2. The molecular formula is C29H46O4. The Kier molecular flexibility index (Phi) is 5.32. The van der Waals surface area contributed by atoms with Crippen LogP contribution in [0.4, 0.5) is 0 Å². The molecular weight excluding hydrogens is 412 g/mol. The third kappa shape index (κ3) is 3.25. The van der Waals surface area contributed by atoms with Crippen LogP contribution in [-0.4, -0.2) is 30.6 Å². The van der Waals surface area contributed by atoms with Crippen LogP contribution in [-0.2, 0) is 19.0 Å². The van der Waals surface area contributed by atoms with Crippen LogP contribution in [0.1, 0.15) is 98.8 Å². The zero-order valence-electron chi connectivity index (χ0n) is 21.6. The number of hydrogen-bond donors (Lipinski definition) is 0. The molecule has 186 valence electrons. The second kappa shape index (κ2) is 7.69. The fraction of sp³-hybridized carbons (Fsp3) is 0.966. The van der Waals surface area contributed by atoms with Gasteiger partial charge in [0.05, 0.1) is 12.7 Å². The van der Waals surface area contributed by atoms with E-state index in [2.05, 4.69) is 27.7 Å². The number of carbonyl (C=O) groups is 1. The summed E-state index contributed by atoms with van der Waals surface area (Å²) < 4.78 is 19.1. The van der Waals surface area contributed by atoms with E-state index in [1.54, 1.807) is 6.92 Å². The second-order valence-electron chi connectivity index (χ2n) is 13.7. The molecule has 0 N–H and O–H groups in total. The van der Waals surface area contributed by atoms with Crippen LogP contribution in [0.15, 0.2) is 0 Å². The van der Waals surface area contributed by atoms with Crippen molar-refractivity contribution in [3.63, 3.8) is 0 Å². The zero-order chi connectivity index (χ0) is 23.2. The van der Waals surface area contributed by atoms with Crippen molar-refractivity contribution in [3.05, 3.63) is 0 Å². The van der Waals surface area contributed by atoms with Gasteiger partial charge in [-0.25, -0.2) is 0 Å². The lowest BCUT2D eigenvalue weighted by Gasteiger charge is -2.61. The summed E-state index contributed by atoms with van der Waals surface area (Å²) in [7, 11) is 0. The maximum Gasteiger partial charge on any atom is 0.302 e. The van der Waals surface area contributed by atoms with Crippen molar-refractivity contribution in [2.24, 2.45) is 52.3 Å². The molecule has 1 spiro atoms. The Labute approximate surface area is 200 Å². The van der Waals surface area contributed by atoms with Crippen molar-refractivity contribution in [1.29, 1.82) is 0 Å². The van der Waals surface area contributed by atoms with Gasteiger partial charge in [0.25, 0.3) is 0 Å². The van der Waals surface area contributed by atoms with Crippen LogP contribution in [0.25, 0.3) is 0 Å². The fourth-order valence-electron chi connectivity index (χ4n) is 10.6. The van der Waals surface area contributed by atoms with Crippen LogP contribution >= 0.6 is 0 Å². The molecule has 0 aromatic heterocycles. The van der Waals surface area contributed by atoms with Crippen molar-refractivity contribution in [2.45, 2.75) is 117 Å². The molecule has 0 aromatic rings. The number of hydrogen-bond acceptors (Lipinski definition) is 4. The molecule has 6 unspecified atom stereocenters. The third-order valence-corrected chi connectivity index (χ3v) is 12.2. The Bertz CT molecular complexity index is 786. The standard InChI is InChI=1S/C29H46O4/c1-17-8-13-29(31-16-17)18(2)26-25(33-29)15-24-22-7-6-20-14-21(32-19(3)30)9-11-27(20,4)23(22)10-12-28(24,26)5/h17-18,20-26H,6-16H2,1-5H3/t17?,18-,20+,21-,22?,23?,24?,25?,26?,27-,28-,29-/m0/s1. The Hall–Kier alpha value is -0.610. The molecule has 0 aromatic carbocycles. The minimum absolute atomic E-state index is 0.105. The van der Waals surface area contributed by atoms with Gasteiger partial charge in [0.15, 0.2) is 5.79 Å². The van der Waals surface area contributed by atoms with Gasteiger partial charge in [-0.3, -0.25) is 4.79 Å². The van der Waals surface area contributed by atoms with Crippen molar-refractivity contribution < 1.29 is 19.0 Å².